The number of nitrogens with zero attached hydrogens (tertiary/aromatic N) is 1. The molecule has 2 rings (SSSR count). The molecule has 0 unspecified atom stereocenters. The first-order chi connectivity index (χ1) is 11.7. The van der Waals surface area contributed by atoms with Gasteiger partial charge in [0.2, 0.25) is 5.91 Å². The van der Waals surface area contributed by atoms with E-state index in [9.17, 15) is 4.79 Å². The minimum Gasteiger partial charge on any atom is -0.370 e. The summed E-state index contributed by atoms with van der Waals surface area (Å²) >= 11 is 0. The minimum absolute atomic E-state index is 0.0146. The van der Waals surface area contributed by atoms with Crippen LogP contribution >= 0.6 is 0 Å². The maximum absolute atomic E-state index is 11.8. The summed E-state index contributed by atoms with van der Waals surface area (Å²) in [5, 5.41) is 5.81. The molecule has 2 aromatic carbocycles. The van der Waals surface area contributed by atoms with E-state index in [0.29, 0.717) is 6.54 Å². The van der Waals surface area contributed by atoms with E-state index in [4.69, 9.17) is 5.73 Å². The Morgan fingerprint density at radius 3 is 2.42 bits per heavy atom. The van der Waals surface area contributed by atoms with E-state index < -0.39 is 0 Å². The number of hydrogen-bond acceptors (Lipinski definition) is 2. The van der Waals surface area contributed by atoms with Gasteiger partial charge in [-0.3, -0.25) is 4.79 Å². The lowest BCUT2D eigenvalue weighted by Crippen LogP contribution is -2.30. The topological polar surface area (TPSA) is 79.5 Å². The molecule has 24 heavy (non-hydrogen) atoms. The van der Waals surface area contributed by atoms with Gasteiger partial charge in [0.15, 0.2) is 5.96 Å². The molecule has 0 spiro atoms. The van der Waals surface area contributed by atoms with Gasteiger partial charge in [-0.25, -0.2) is 4.99 Å². The fourth-order valence-electron chi connectivity index (χ4n) is 2.22. The van der Waals surface area contributed by atoms with Crippen LogP contribution in [0.3, 0.4) is 0 Å². The lowest BCUT2D eigenvalue weighted by Gasteiger charge is -2.07. The van der Waals surface area contributed by atoms with Crippen LogP contribution in [0.1, 0.15) is 18.1 Å². The van der Waals surface area contributed by atoms with E-state index in [0.717, 1.165) is 18.5 Å². The first-order valence-electron chi connectivity index (χ1n) is 8.14. The van der Waals surface area contributed by atoms with E-state index >= 15 is 0 Å². The number of nitrogens with two attached hydrogens (primary N) is 1. The van der Waals surface area contributed by atoms with Gasteiger partial charge in [0.25, 0.3) is 0 Å². The van der Waals surface area contributed by atoms with Crippen LogP contribution in [-0.4, -0.2) is 25.0 Å². The molecule has 0 bridgehead atoms. The molecule has 0 aliphatic carbocycles. The maximum Gasteiger partial charge on any atom is 0.241 e. The third kappa shape index (κ3) is 6.12. The SMILES string of the molecule is CCc1ccc(NC(N)=NCC(=O)NCCc2ccccc2)cc1. The van der Waals surface area contributed by atoms with Crippen molar-refractivity contribution >= 4 is 17.6 Å². The number of benzene rings is 2. The van der Waals surface area contributed by atoms with E-state index in [1.807, 2.05) is 54.6 Å². The monoisotopic (exact) mass is 324 g/mol. The van der Waals surface area contributed by atoms with Crippen LogP contribution in [0.25, 0.3) is 0 Å². The lowest BCUT2D eigenvalue weighted by atomic mass is 10.1. The van der Waals surface area contributed by atoms with Crippen LogP contribution in [0, 0.1) is 0 Å². The van der Waals surface area contributed by atoms with Gasteiger partial charge >= 0.3 is 0 Å². The van der Waals surface area contributed by atoms with Crippen molar-refractivity contribution in [3.8, 4) is 0 Å². The Morgan fingerprint density at radius 2 is 1.75 bits per heavy atom. The zero-order chi connectivity index (χ0) is 17.2. The zero-order valence-corrected chi connectivity index (χ0v) is 14.0. The van der Waals surface area contributed by atoms with Crippen molar-refractivity contribution in [1.29, 1.82) is 0 Å². The van der Waals surface area contributed by atoms with Crippen LogP contribution in [0.4, 0.5) is 5.69 Å². The Bertz CT molecular complexity index is 666. The third-order valence-corrected chi connectivity index (χ3v) is 3.61. The number of anilines is 1. The first kappa shape index (κ1) is 17.5. The summed E-state index contributed by atoms with van der Waals surface area (Å²) in [6, 6.07) is 18.0. The van der Waals surface area contributed by atoms with Crippen molar-refractivity contribution < 1.29 is 4.79 Å². The highest BCUT2D eigenvalue weighted by Crippen LogP contribution is 2.09. The smallest absolute Gasteiger partial charge is 0.241 e. The molecule has 0 radical (unpaired) electrons. The molecule has 0 saturated carbocycles. The molecule has 0 atom stereocenters. The molecular formula is C19H24N4O. The predicted molar refractivity (Wildman–Crippen MR) is 99.1 cm³/mol. The molecule has 2 aromatic rings. The molecule has 126 valence electrons. The van der Waals surface area contributed by atoms with Crippen LogP contribution < -0.4 is 16.4 Å². The van der Waals surface area contributed by atoms with Gasteiger partial charge in [-0.05, 0) is 36.1 Å². The Kier molecular flexibility index (Phi) is 6.83. The summed E-state index contributed by atoms with van der Waals surface area (Å²) < 4.78 is 0. The fraction of sp³-hybridized carbons (Fsp3) is 0.263. The number of carbonyl (C=O) groups excluding carboxylic acids is 1. The molecule has 1 amide bonds. The van der Waals surface area contributed by atoms with Crippen molar-refractivity contribution in [2.45, 2.75) is 19.8 Å². The van der Waals surface area contributed by atoms with E-state index in [1.54, 1.807) is 0 Å². The van der Waals surface area contributed by atoms with Crippen molar-refractivity contribution in [3.05, 3.63) is 65.7 Å². The molecule has 0 heterocycles. The summed E-state index contributed by atoms with van der Waals surface area (Å²) in [6.45, 7) is 2.71. The number of nitrogens with one attached hydrogen (secondary N) is 2. The average Bonchev–Trinajstić information content (AvgIpc) is 2.61. The second-order valence-electron chi connectivity index (χ2n) is 5.46. The van der Waals surface area contributed by atoms with Gasteiger partial charge in [0.1, 0.15) is 6.54 Å². The van der Waals surface area contributed by atoms with E-state index in [2.05, 4.69) is 22.5 Å². The van der Waals surface area contributed by atoms with Gasteiger partial charge in [0, 0.05) is 12.2 Å². The second-order valence-corrected chi connectivity index (χ2v) is 5.46. The number of hydrogen-bond donors (Lipinski definition) is 3. The molecule has 5 heteroatoms. The predicted octanol–water partition coefficient (Wildman–Crippen LogP) is 2.33. The maximum atomic E-state index is 11.8. The number of carbonyl (C=O) groups is 1. The van der Waals surface area contributed by atoms with Crippen LogP contribution in [0.5, 0.6) is 0 Å². The van der Waals surface area contributed by atoms with Gasteiger partial charge in [-0.15, -0.1) is 0 Å². The molecular weight excluding hydrogens is 300 g/mol. The number of aryl methyl sites for hydroxylation is 1. The molecule has 4 N–H and O–H groups in total. The normalized spacial score (nSPS) is 11.1. The molecule has 0 aliphatic heterocycles. The second kappa shape index (κ2) is 9.35. The number of aliphatic imine (C=N–C) groups is 1. The van der Waals surface area contributed by atoms with Crippen molar-refractivity contribution in [2.24, 2.45) is 10.7 Å². The van der Waals surface area contributed by atoms with E-state index in [-0.39, 0.29) is 18.4 Å². The van der Waals surface area contributed by atoms with Crippen LogP contribution in [0.15, 0.2) is 59.6 Å². The van der Waals surface area contributed by atoms with E-state index in [1.165, 1.54) is 11.1 Å². The average molecular weight is 324 g/mol. The summed E-state index contributed by atoms with van der Waals surface area (Å²) in [5.41, 5.74) is 9.11. The summed E-state index contributed by atoms with van der Waals surface area (Å²) in [7, 11) is 0. The summed E-state index contributed by atoms with van der Waals surface area (Å²) in [6.07, 6.45) is 1.79. The van der Waals surface area contributed by atoms with Gasteiger partial charge in [-0.2, -0.15) is 0 Å². The Hall–Kier alpha value is -2.82. The molecule has 5 nitrogen and oxygen atoms in total. The molecule has 0 fully saturated rings. The highest BCUT2D eigenvalue weighted by molar-refractivity contribution is 5.93. The summed E-state index contributed by atoms with van der Waals surface area (Å²) in [5.74, 6) is 0.0921. The largest absolute Gasteiger partial charge is 0.370 e. The van der Waals surface area contributed by atoms with Crippen LogP contribution in [-0.2, 0) is 17.6 Å². The third-order valence-electron chi connectivity index (χ3n) is 3.61. The van der Waals surface area contributed by atoms with Crippen LogP contribution in [0.2, 0.25) is 0 Å². The molecule has 0 aromatic heterocycles. The minimum atomic E-state index is -0.142. The molecule has 0 aliphatic rings. The Morgan fingerprint density at radius 1 is 1.04 bits per heavy atom. The Balaban J connectivity index is 1.71. The van der Waals surface area contributed by atoms with Crippen molar-refractivity contribution in [1.82, 2.24) is 5.32 Å². The molecule has 0 saturated heterocycles. The summed E-state index contributed by atoms with van der Waals surface area (Å²) in [4.78, 5) is 15.8. The lowest BCUT2D eigenvalue weighted by molar-refractivity contribution is -0.119. The first-order valence-corrected chi connectivity index (χ1v) is 8.14. The van der Waals surface area contributed by atoms with Gasteiger partial charge in [-0.1, -0.05) is 49.4 Å². The number of amides is 1. The quantitative estimate of drug-likeness (QED) is 0.540. The highest BCUT2D eigenvalue weighted by Gasteiger charge is 2.01. The number of rotatable bonds is 7. The fourth-order valence-corrected chi connectivity index (χ4v) is 2.22. The Labute approximate surface area is 143 Å². The van der Waals surface area contributed by atoms with Crippen molar-refractivity contribution in [2.75, 3.05) is 18.4 Å². The van der Waals surface area contributed by atoms with Gasteiger partial charge in [0.05, 0.1) is 0 Å². The highest BCUT2D eigenvalue weighted by atomic mass is 16.1. The zero-order valence-electron chi connectivity index (χ0n) is 14.0. The van der Waals surface area contributed by atoms with Gasteiger partial charge < -0.3 is 16.4 Å². The van der Waals surface area contributed by atoms with Crippen molar-refractivity contribution in [3.63, 3.8) is 0 Å². The number of guanidine groups is 1. The standard InChI is InChI=1S/C19H24N4O/c1-2-15-8-10-17(11-9-15)23-19(20)22-14-18(24)21-13-12-16-6-4-3-5-7-16/h3-11H,2,12-14H2,1H3,(H,21,24)(H3,20,22,23).